The van der Waals surface area contributed by atoms with Crippen molar-refractivity contribution in [3.8, 4) is 28.2 Å². The minimum Gasteiger partial charge on any atom is -0.319 e. The van der Waals surface area contributed by atoms with E-state index in [4.69, 9.17) is 13.1 Å². The second-order valence-electron chi connectivity index (χ2n) is 13.9. The van der Waals surface area contributed by atoms with Gasteiger partial charge in [0.25, 0.3) is 0 Å². The minimum atomic E-state index is 0.561. The summed E-state index contributed by atoms with van der Waals surface area (Å²) < 4.78 is 6.95. The molecule has 254 valence electrons. The van der Waals surface area contributed by atoms with Crippen molar-refractivity contribution in [1.29, 1.82) is 0 Å². The van der Waals surface area contributed by atoms with Gasteiger partial charge in [-0.25, -0.2) is 9.69 Å². The first-order chi connectivity index (χ1) is 27.2. The highest BCUT2D eigenvalue weighted by atomic mass is 15.0. The SMILES string of the molecule is [C-]#[N+]c1ccc2c(c1)c1ccccc1n2-c1cc(-c2ccccc2-n2c3ccccc3c3ccc(-n4c5ccccc5c5ccccc54)cc32)ccc1[N+]#[C-]. The molecule has 0 bridgehead atoms. The summed E-state index contributed by atoms with van der Waals surface area (Å²) in [4.78, 5) is 7.72. The second kappa shape index (κ2) is 11.8. The van der Waals surface area contributed by atoms with E-state index in [0.717, 1.165) is 61.0 Å². The maximum atomic E-state index is 8.22. The van der Waals surface area contributed by atoms with Crippen LogP contribution in [0.15, 0.2) is 176 Å². The molecule has 0 N–H and O–H groups in total. The standard InChI is InChI=1S/C50H29N5/c1-51-33-24-28-48-41(30-33)39-17-7-12-22-47(39)55(48)50-29-32(23-27-42(50)52-2)35-13-3-8-18-43(35)54-46-21-11-6-16-38(46)40-26-25-34(31-49(40)54)53-44-19-9-4-14-36(44)37-15-5-10-20-45(37)53/h3-31H. The molecular formula is C50H29N5. The average molecular weight is 700 g/mol. The molecule has 0 atom stereocenters. The van der Waals surface area contributed by atoms with Crippen LogP contribution >= 0.6 is 0 Å². The van der Waals surface area contributed by atoms with Gasteiger partial charge in [-0.3, -0.25) is 0 Å². The molecule has 8 aromatic carbocycles. The predicted octanol–water partition coefficient (Wildman–Crippen LogP) is 13.7. The lowest BCUT2D eigenvalue weighted by Gasteiger charge is -2.17. The van der Waals surface area contributed by atoms with Crippen LogP contribution in [0.1, 0.15) is 0 Å². The molecule has 0 saturated heterocycles. The van der Waals surface area contributed by atoms with Crippen LogP contribution in [-0.2, 0) is 0 Å². The van der Waals surface area contributed by atoms with Gasteiger partial charge in [-0.2, -0.15) is 0 Å². The molecule has 3 aromatic heterocycles. The molecule has 0 amide bonds. The third-order valence-corrected chi connectivity index (χ3v) is 11.1. The average Bonchev–Trinajstić information content (AvgIpc) is 3.88. The Morgan fingerprint density at radius 1 is 0.345 bits per heavy atom. The van der Waals surface area contributed by atoms with E-state index in [1.54, 1.807) is 0 Å². The lowest BCUT2D eigenvalue weighted by atomic mass is 10.0. The molecule has 0 fully saturated rings. The van der Waals surface area contributed by atoms with E-state index >= 15 is 0 Å². The summed E-state index contributed by atoms with van der Waals surface area (Å²) in [5.74, 6) is 0. The number of nitrogens with zero attached hydrogens (tertiary/aromatic N) is 5. The topological polar surface area (TPSA) is 23.5 Å². The van der Waals surface area contributed by atoms with E-state index in [0.29, 0.717) is 11.4 Å². The van der Waals surface area contributed by atoms with Crippen LogP contribution in [0.4, 0.5) is 11.4 Å². The summed E-state index contributed by atoms with van der Waals surface area (Å²) in [5.41, 5.74) is 12.7. The number of hydrogen-bond donors (Lipinski definition) is 0. The molecule has 55 heavy (non-hydrogen) atoms. The van der Waals surface area contributed by atoms with Gasteiger partial charge in [0.05, 0.1) is 57.6 Å². The van der Waals surface area contributed by atoms with Crippen LogP contribution in [0.2, 0.25) is 0 Å². The molecule has 5 nitrogen and oxygen atoms in total. The van der Waals surface area contributed by atoms with Gasteiger partial charge in [0.15, 0.2) is 5.69 Å². The molecular weight excluding hydrogens is 671 g/mol. The Balaban J connectivity index is 1.17. The summed E-state index contributed by atoms with van der Waals surface area (Å²) in [7, 11) is 0. The zero-order valence-electron chi connectivity index (χ0n) is 29.5. The maximum absolute atomic E-state index is 8.22. The fraction of sp³-hybridized carbons (Fsp3) is 0. The van der Waals surface area contributed by atoms with Gasteiger partial charge in [0.2, 0.25) is 5.69 Å². The molecule has 0 saturated carbocycles. The number of aromatic nitrogens is 3. The van der Waals surface area contributed by atoms with Crippen LogP contribution in [0.5, 0.6) is 0 Å². The summed E-state index contributed by atoms with van der Waals surface area (Å²) in [6.07, 6.45) is 0. The van der Waals surface area contributed by atoms with E-state index < -0.39 is 0 Å². The number of benzene rings is 8. The first-order valence-electron chi connectivity index (χ1n) is 18.3. The van der Waals surface area contributed by atoms with E-state index in [-0.39, 0.29) is 0 Å². The number of para-hydroxylation sites is 5. The smallest absolute Gasteiger partial charge is 0.210 e. The van der Waals surface area contributed by atoms with Crippen molar-refractivity contribution in [2.24, 2.45) is 0 Å². The molecule has 0 unspecified atom stereocenters. The van der Waals surface area contributed by atoms with Gasteiger partial charge in [0.1, 0.15) is 0 Å². The van der Waals surface area contributed by atoms with Crippen molar-refractivity contribution in [1.82, 2.24) is 13.7 Å². The zero-order valence-corrected chi connectivity index (χ0v) is 29.5. The van der Waals surface area contributed by atoms with Crippen molar-refractivity contribution in [2.75, 3.05) is 0 Å². The lowest BCUT2D eigenvalue weighted by molar-refractivity contribution is 1.15. The van der Waals surface area contributed by atoms with Gasteiger partial charge in [-0.1, -0.05) is 115 Å². The highest BCUT2D eigenvalue weighted by molar-refractivity contribution is 6.13. The Hall–Kier alpha value is -7.86. The molecule has 0 aliphatic heterocycles. The van der Waals surface area contributed by atoms with Crippen LogP contribution in [0.25, 0.3) is 103 Å². The van der Waals surface area contributed by atoms with Gasteiger partial charge in [0, 0.05) is 38.2 Å². The molecule has 11 rings (SSSR count). The Bertz CT molecular complexity index is 3420. The van der Waals surface area contributed by atoms with Crippen LogP contribution in [0.3, 0.4) is 0 Å². The first-order valence-corrected chi connectivity index (χ1v) is 18.3. The number of hydrogen-bond acceptors (Lipinski definition) is 0. The first kappa shape index (κ1) is 30.7. The van der Waals surface area contributed by atoms with Crippen molar-refractivity contribution in [2.45, 2.75) is 0 Å². The second-order valence-corrected chi connectivity index (χ2v) is 13.9. The number of rotatable bonds is 4. The monoisotopic (exact) mass is 699 g/mol. The highest BCUT2D eigenvalue weighted by Gasteiger charge is 2.20. The lowest BCUT2D eigenvalue weighted by Crippen LogP contribution is -2.00. The Kier molecular flexibility index (Phi) is 6.61. The summed E-state index contributed by atoms with van der Waals surface area (Å²) in [5, 5.41) is 6.89. The highest BCUT2D eigenvalue weighted by Crippen LogP contribution is 2.42. The van der Waals surface area contributed by atoms with E-state index in [1.807, 2.05) is 36.4 Å². The van der Waals surface area contributed by atoms with Crippen molar-refractivity contribution < 1.29 is 0 Å². The van der Waals surface area contributed by atoms with E-state index in [1.165, 1.54) is 32.6 Å². The molecule has 3 heterocycles. The van der Waals surface area contributed by atoms with E-state index in [2.05, 4.69) is 163 Å². The van der Waals surface area contributed by atoms with Crippen LogP contribution < -0.4 is 0 Å². The molecule has 11 aromatic rings. The predicted molar refractivity (Wildman–Crippen MR) is 227 cm³/mol. The van der Waals surface area contributed by atoms with Gasteiger partial charge >= 0.3 is 0 Å². The normalized spacial score (nSPS) is 11.6. The fourth-order valence-electron chi connectivity index (χ4n) is 8.73. The third-order valence-electron chi connectivity index (χ3n) is 11.1. The van der Waals surface area contributed by atoms with Crippen LogP contribution in [0, 0.1) is 13.1 Å². The van der Waals surface area contributed by atoms with Crippen molar-refractivity contribution >= 4 is 76.8 Å². The van der Waals surface area contributed by atoms with Crippen molar-refractivity contribution in [3.05, 3.63) is 199 Å². The summed E-state index contributed by atoms with van der Waals surface area (Å²) >= 11 is 0. The Morgan fingerprint density at radius 3 is 1.51 bits per heavy atom. The summed E-state index contributed by atoms with van der Waals surface area (Å²) in [6, 6.07) is 61.5. The minimum absolute atomic E-state index is 0.561. The summed E-state index contributed by atoms with van der Waals surface area (Å²) in [6.45, 7) is 15.9. The quantitative estimate of drug-likeness (QED) is 0.163. The zero-order chi connectivity index (χ0) is 36.6. The van der Waals surface area contributed by atoms with Crippen molar-refractivity contribution in [3.63, 3.8) is 0 Å². The van der Waals surface area contributed by atoms with Gasteiger partial charge in [-0.05, 0) is 71.6 Å². The number of fused-ring (bicyclic) bond motifs is 9. The molecule has 0 aliphatic carbocycles. The maximum Gasteiger partial charge on any atom is 0.210 e. The van der Waals surface area contributed by atoms with Gasteiger partial charge < -0.3 is 13.7 Å². The fourth-order valence-corrected chi connectivity index (χ4v) is 8.73. The Morgan fingerprint density at radius 2 is 0.873 bits per heavy atom. The largest absolute Gasteiger partial charge is 0.319 e. The van der Waals surface area contributed by atoms with Crippen LogP contribution in [-0.4, -0.2) is 13.7 Å². The van der Waals surface area contributed by atoms with E-state index in [9.17, 15) is 0 Å². The molecule has 0 radical (unpaired) electrons. The Labute approximate surface area is 316 Å². The molecule has 5 heteroatoms. The van der Waals surface area contributed by atoms with Gasteiger partial charge in [-0.15, -0.1) is 0 Å². The molecule has 0 spiro atoms. The third kappa shape index (κ3) is 4.45. The molecule has 0 aliphatic rings.